The number of ether oxygens (including phenoxy) is 2. The molecule has 1 heterocycles. The van der Waals surface area contributed by atoms with Crippen LogP contribution in [0.25, 0.3) is 0 Å². The molecule has 0 aliphatic carbocycles. The van der Waals surface area contributed by atoms with Crippen LogP contribution in [0, 0.1) is 5.92 Å². The minimum atomic E-state index is -4.26. The zero-order chi connectivity index (χ0) is 21.1. The summed E-state index contributed by atoms with van der Waals surface area (Å²) in [4.78, 5) is -0.0568. The molecule has 158 valence electrons. The second-order valence-electron chi connectivity index (χ2n) is 7.31. The minimum absolute atomic E-state index is 0.0284. The lowest BCUT2D eigenvalue weighted by molar-refractivity contribution is -0.186. The molecule has 29 heavy (non-hydrogen) atoms. The molecule has 0 spiro atoms. The lowest BCUT2D eigenvalue weighted by Gasteiger charge is -2.37. The van der Waals surface area contributed by atoms with Crippen LogP contribution in [0.4, 0.5) is 0 Å². The van der Waals surface area contributed by atoms with Crippen LogP contribution in [0.3, 0.4) is 0 Å². The van der Waals surface area contributed by atoms with E-state index in [4.69, 9.17) is 9.47 Å². The molecule has 0 aromatic heterocycles. The lowest BCUT2D eigenvalue weighted by Crippen LogP contribution is -2.50. The average Bonchev–Trinajstić information content (AvgIpc) is 2.74. The van der Waals surface area contributed by atoms with E-state index in [0.29, 0.717) is 13.2 Å². The molecule has 2 aromatic rings. The highest BCUT2D eigenvalue weighted by Crippen LogP contribution is 2.43. The summed E-state index contributed by atoms with van der Waals surface area (Å²) in [6.45, 7) is 3.93. The van der Waals surface area contributed by atoms with Gasteiger partial charge in [-0.25, -0.2) is 16.8 Å². The third-order valence-corrected chi connectivity index (χ3v) is 11.6. The van der Waals surface area contributed by atoms with Gasteiger partial charge in [-0.2, -0.15) is 0 Å². The first-order valence-corrected chi connectivity index (χ1v) is 12.5. The number of hydrogen-bond donors (Lipinski definition) is 0. The van der Waals surface area contributed by atoms with Gasteiger partial charge in [0.2, 0.25) is 0 Å². The van der Waals surface area contributed by atoms with Crippen LogP contribution in [-0.4, -0.2) is 40.4 Å². The molecule has 1 atom stereocenters. The third-order valence-electron chi connectivity index (χ3n) is 5.51. The SMILES string of the molecule is C[C@H](CC1OCCCO1)C(C)(S(=O)(=O)c1ccccc1)S(=O)(=O)c1ccccc1. The van der Waals surface area contributed by atoms with E-state index in [0.717, 1.165) is 6.42 Å². The third kappa shape index (κ3) is 3.99. The van der Waals surface area contributed by atoms with Crippen molar-refractivity contribution in [3.05, 3.63) is 60.7 Å². The molecule has 0 amide bonds. The van der Waals surface area contributed by atoms with E-state index in [1.807, 2.05) is 0 Å². The predicted molar refractivity (Wildman–Crippen MR) is 110 cm³/mol. The van der Waals surface area contributed by atoms with Crippen molar-refractivity contribution < 1.29 is 26.3 Å². The molecule has 0 radical (unpaired) electrons. The molecular formula is C21H26O6S2. The molecule has 1 fully saturated rings. The summed E-state index contributed by atoms with van der Waals surface area (Å²) in [6.07, 6.45) is 0.275. The smallest absolute Gasteiger partial charge is 0.198 e. The quantitative estimate of drug-likeness (QED) is 0.658. The highest BCUT2D eigenvalue weighted by Gasteiger charge is 2.56. The maximum Gasteiger partial charge on any atom is 0.198 e. The Morgan fingerprint density at radius 1 is 0.862 bits per heavy atom. The second kappa shape index (κ2) is 8.55. The molecule has 3 rings (SSSR count). The molecule has 6 nitrogen and oxygen atoms in total. The Morgan fingerprint density at radius 3 is 1.69 bits per heavy atom. The Morgan fingerprint density at radius 2 is 1.28 bits per heavy atom. The summed E-state index contributed by atoms with van der Waals surface area (Å²) in [7, 11) is -8.51. The summed E-state index contributed by atoms with van der Waals surface area (Å²) in [6, 6.07) is 15.4. The highest BCUT2D eigenvalue weighted by molar-refractivity contribution is 8.10. The van der Waals surface area contributed by atoms with Crippen molar-refractivity contribution in [2.45, 2.75) is 46.8 Å². The molecule has 0 saturated carbocycles. The van der Waals surface area contributed by atoms with Crippen molar-refractivity contribution in [1.82, 2.24) is 0 Å². The van der Waals surface area contributed by atoms with Gasteiger partial charge in [0.15, 0.2) is 30.0 Å². The number of hydrogen-bond acceptors (Lipinski definition) is 6. The largest absolute Gasteiger partial charge is 0.353 e. The monoisotopic (exact) mass is 438 g/mol. The maximum absolute atomic E-state index is 13.7. The summed E-state index contributed by atoms with van der Waals surface area (Å²) in [5, 5.41) is 0. The number of rotatable bonds is 7. The Kier molecular flexibility index (Phi) is 6.48. The molecule has 0 unspecified atom stereocenters. The summed E-state index contributed by atoms with van der Waals surface area (Å²) >= 11 is 0. The van der Waals surface area contributed by atoms with Crippen LogP contribution in [-0.2, 0) is 29.1 Å². The molecular weight excluding hydrogens is 412 g/mol. The van der Waals surface area contributed by atoms with Crippen molar-refractivity contribution in [3.63, 3.8) is 0 Å². The highest BCUT2D eigenvalue weighted by atomic mass is 32.3. The molecule has 1 aliphatic heterocycles. The van der Waals surface area contributed by atoms with Crippen LogP contribution in [0.2, 0.25) is 0 Å². The van der Waals surface area contributed by atoms with Crippen molar-refractivity contribution >= 4 is 19.7 Å². The Balaban J connectivity index is 2.13. The zero-order valence-electron chi connectivity index (χ0n) is 16.5. The molecule has 1 aliphatic rings. The van der Waals surface area contributed by atoms with E-state index in [1.54, 1.807) is 43.3 Å². The van der Waals surface area contributed by atoms with Crippen LogP contribution in [0.5, 0.6) is 0 Å². The summed E-state index contributed by atoms with van der Waals surface area (Å²) in [5.41, 5.74) is 0. The second-order valence-corrected chi connectivity index (χ2v) is 12.2. The van der Waals surface area contributed by atoms with Crippen LogP contribution >= 0.6 is 0 Å². The summed E-state index contributed by atoms with van der Waals surface area (Å²) in [5.74, 6) is -0.791. The molecule has 0 N–H and O–H groups in total. The van der Waals surface area contributed by atoms with Gasteiger partial charge >= 0.3 is 0 Å². The van der Waals surface area contributed by atoms with Gasteiger partial charge in [-0.05, 0) is 43.5 Å². The first-order valence-electron chi connectivity index (χ1n) is 9.54. The van der Waals surface area contributed by atoms with E-state index in [2.05, 4.69) is 0 Å². The summed E-state index contributed by atoms with van der Waals surface area (Å²) < 4.78 is 63.8. The fourth-order valence-electron chi connectivity index (χ4n) is 3.52. The van der Waals surface area contributed by atoms with Gasteiger partial charge in [-0.3, -0.25) is 0 Å². The number of sulfone groups is 2. The van der Waals surface area contributed by atoms with Gasteiger partial charge in [0.25, 0.3) is 0 Å². The Bertz CT molecular complexity index is 942. The van der Waals surface area contributed by atoms with E-state index in [9.17, 15) is 16.8 Å². The van der Waals surface area contributed by atoms with Crippen molar-refractivity contribution in [2.75, 3.05) is 13.2 Å². The van der Waals surface area contributed by atoms with Crippen LogP contribution in [0.1, 0.15) is 26.7 Å². The zero-order valence-corrected chi connectivity index (χ0v) is 18.2. The van der Waals surface area contributed by atoms with Gasteiger partial charge < -0.3 is 9.47 Å². The number of benzene rings is 2. The van der Waals surface area contributed by atoms with E-state index in [-0.39, 0.29) is 16.2 Å². The van der Waals surface area contributed by atoms with Gasteiger partial charge in [0.05, 0.1) is 23.0 Å². The van der Waals surface area contributed by atoms with E-state index < -0.39 is 36.0 Å². The van der Waals surface area contributed by atoms with Crippen LogP contribution in [0.15, 0.2) is 70.5 Å². The minimum Gasteiger partial charge on any atom is -0.353 e. The van der Waals surface area contributed by atoms with Crippen molar-refractivity contribution in [3.8, 4) is 0 Å². The fourth-order valence-corrected chi connectivity index (χ4v) is 8.47. The maximum atomic E-state index is 13.7. The fraction of sp³-hybridized carbons (Fsp3) is 0.429. The standard InChI is InChI=1S/C21H26O6S2/c1-17(16-20-26-14-9-15-27-20)21(2,28(22,23)18-10-5-3-6-11-18)29(24,25)19-12-7-4-8-13-19/h3-8,10-13,17,20H,9,14-16H2,1-2H3/t17-/m1/s1. The molecule has 8 heteroatoms. The first kappa shape index (κ1) is 22.0. The average molecular weight is 439 g/mol. The van der Waals surface area contributed by atoms with Crippen molar-refractivity contribution in [2.24, 2.45) is 5.92 Å². The van der Waals surface area contributed by atoms with Gasteiger partial charge in [-0.15, -0.1) is 0 Å². The molecule has 0 bridgehead atoms. The van der Waals surface area contributed by atoms with Crippen LogP contribution < -0.4 is 0 Å². The van der Waals surface area contributed by atoms with E-state index in [1.165, 1.54) is 31.2 Å². The van der Waals surface area contributed by atoms with Gasteiger partial charge in [0, 0.05) is 6.42 Å². The topological polar surface area (TPSA) is 86.7 Å². The lowest BCUT2D eigenvalue weighted by atomic mass is 10.0. The first-order chi connectivity index (χ1) is 13.7. The van der Waals surface area contributed by atoms with Crippen molar-refractivity contribution in [1.29, 1.82) is 0 Å². The van der Waals surface area contributed by atoms with Gasteiger partial charge in [-0.1, -0.05) is 43.3 Å². The Hall–Kier alpha value is -1.74. The van der Waals surface area contributed by atoms with Gasteiger partial charge in [0.1, 0.15) is 0 Å². The van der Waals surface area contributed by atoms with E-state index >= 15 is 0 Å². The Labute approximate surface area is 172 Å². The normalized spacial score (nSPS) is 17.7. The predicted octanol–water partition coefficient (Wildman–Crippen LogP) is 3.44. The molecule has 1 saturated heterocycles. The molecule has 2 aromatic carbocycles.